The number of alkyl halides is 2. The van der Waals surface area contributed by atoms with Crippen molar-refractivity contribution in [3.05, 3.63) is 59.7 Å². The van der Waals surface area contributed by atoms with Gasteiger partial charge in [-0.2, -0.15) is 0 Å². The summed E-state index contributed by atoms with van der Waals surface area (Å²) in [5, 5.41) is 0. The number of hydrogen-bond acceptors (Lipinski definition) is 2. The van der Waals surface area contributed by atoms with Crippen LogP contribution in [0.2, 0.25) is 0 Å². The molecule has 0 radical (unpaired) electrons. The third-order valence-electron chi connectivity index (χ3n) is 9.07. The monoisotopic (exact) mass is 472 g/mol. The summed E-state index contributed by atoms with van der Waals surface area (Å²) in [6.07, 6.45) is 10.5. The van der Waals surface area contributed by atoms with Crippen molar-refractivity contribution in [2.24, 2.45) is 10.8 Å². The minimum Gasteiger partial charge on any atom is -0.497 e. The number of halogens is 2. The number of ether oxygens (including phenoxy) is 2. The molecule has 3 aliphatic carbocycles. The molecule has 2 aromatic carbocycles. The van der Waals surface area contributed by atoms with E-state index in [1.807, 2.05) is 0 Å². The highest BCUT2D eigenvalue weighted by atomic mass is 35.5. The summed E-state index contributed by atoms with van der Waals surface area (Å²) in [5.41, 5.74) is 3.05. The highest BCUT2D eigenvalue weighted by Crippen LogP contribution is 2.77. The average molecular weight is 473 g/mol. The molecule has 2 aromatic rings. The first-order valence-corrected chi connectivity index (χ1v) is 12.8. The normalized spacial score (nSPS) is 33.6. The molecule has 2 nitrogen and oxygen atoms in total. The van der Waals surface area contributed by atoms with Crippen LogP contribution in [0.15, 0.2) is 48.5 Å². The van der Waals surface area contributed by atoms with E-state index in [2.05, 4.69) is 48.5 Å². The lowest BCUT2D eigenvalue weighted by atomic mass is 9.43. The lowest BCUT2D eigenvalue weighted by molar-refractivity contribution is -0.107. The number of rotatable bonds is 4. The maximum atomic E-state index is 7.27. The summed E-state index contributed by atoms with van der Waals surface area (Å²) >= 11 is 14.5. The molecule has 0 bridgehead atoms. The standard InChI is InChI=1S/C28H34Cl2O2/c1-31-24-7-3-20(4-8-24)22-11-15-26(16-12-22)19-27(28(26,29)30)17-13-23(14-18-27)21-5-9-25(32-2)10-6-21/h3-10,22-23H,11-19H2,1-2H3. The van der Waals surface area contributed by atoms with Gasteiger partial charge in [0.2, 0.25) is 0 Å². The van der Waals surface area contributed by atoms with E-state index in [0.29, 0.717) is 11.8 Å². The second kappa shape index (κ2) is 8.44. The van der Waals surface area contributed by atoms with Gasteiger partial charge >= 0.3 is 0 Å². The molecule has 0 saturated heterocycles. The van der Waals surface area contributed by atoms with Crippen LogP contribution in [0.1, 0.15) is 80.8 Å². The maximum Gasteiger partial charge on any atom is 0.129 e. The summed E-state index contributed by atoms with van der Waals surface area (Å²) in [4.78, 5) is 0. The Morgan fingerprint density at radius 2 is 0.969 bits per heavy atom. The zero-order valence-corrected chi connectivity index (χ0v) is 20.7. The van der Waals surface area contributed by atoms with Gasteiger partial charge in [-0.15, -0.1) is 23.2 Å². The molecule has 0 heterocycles. The van der Waals surface area contributed by atoms with Crippen LogP contribution in [0.3, 0.4) is 0 Å². The second-order valence-corrected chi connectivity index (χ2v) is 11.7. The Morgan fingerprint density at radius 3 is 1.25 bits per heavy atom. The predicted molar refractivity (Wildman–Crippen MR) is 132 cm³/mol. The van der Waals surface area contributed by atoms with E-state index in [-0.39, 0.29) is 10.8 Å². The van der Waals surface area contributed by atoms with Crippen molar-refractivity contribution < 1.29 is 9.47 Å². The first-order chi connectivity index (χ1) is 15.4. The van der Waals surface area contributed by atoms with Gasteiger partial charge in [0.25, 0.3) is 0 Å². The van der Waals surface area contributed by atoms with Gasteiger partial charge in [-0.1, -0.05) is 24.3 Å². The molecule has 4 heteroatoms. The molecule has 3 aliphatic rings. The van der Waals surface area contributed by atoms with E-state index in [1.165, 1.54) is 43.2 Å². The van der Waals surface area contributed by atoms with E-state index >= 15 is 0 Å². The summed E-state index contributed by atoms with van der Waals surface area (Å²) in [6, 6.07) is 17.2. The summed E-state index contributed by atoms with van der Waals surface area (Å²) in [7, 11) is 3.44. The molecule has 0 aliphatic heterocycles. The molecule has 5 rings (SSSR count). The van der Waals surface area contributed by atoms with Crippen LogP contribution in [-0.2, 0) is 0 Å². The van der Waals surface area contributed by atoms with Crippen molar-refractivity contribution in [1.29, 1.82) is 0 Å². The highest BCUT2D eigenvalue weighted by Gasteiger charge is 2.72. The average Bonchev–Trinajstić information content (AvgIpc) is 2.85. The van der Waals surface area contributed by atoms with Crippen molar-refractivity contribution in [1.82, 2.24) is 0 Å². The number of methoxy groups -OCH3 is 2. The topological polar surface area (TPSA) is 18.5 Å². The summed E-state index contributed by atoms with van der Waals surface area (Å²) in [6.45, 7) is 0. The van der Waals surface area contributed by atoms with E-state index in [9.17, 15) is 0 Å². The Morgan fingerprint density at radius 1 is 0.625 bits per heavy atom. The van der Waals surface area contributed by atoms with Crippen LogP contribution in [-0.4, -0.2) is 18.6 Å². The summed E-state index contributed by atoms with van der Waals surface area (Å²) in [5.74, 6) is 3.07. The molecule has 2 spiro atoms. The lowest BCUT2D eigenvalue weighted by Crippen LogP contribution is -2.66. The van der Waals surface area contributed by atoms with Gasteiger partial charge < -0.3 is 9.47 Å². The Balaban J connectivity index is 1.21. The van der Waals surface area contributed by atoms with E-state index in [4.69, 9.17) is 32.7 Å². The molecule has 3 saturated carbocycles. The molecule has 0 amide bonds. The molecule has 32 heavy (non-hydrogen) atoms. The Hall–Kier alpha value is -1.38. The highest BCUT2D eigenvalue weighted by molar-refractivity contribution is 6.50. The van der Waals surface area contributed by atoms with Crippen molar-refractivity contribution in [2.45, 2.75) is 74.0 Å². The largest absolute Gasteiger partial charge is 0.497 e. The van der Waals surface area contributed by atoms with E-state index < -0.39 is 4.33 Å². The van der Waals surface area contributed by atoms with Crippen molar-refractivity contribution >= 4 is 23.2 Å². The summed E-state index contributed by atoms with van der Waals surface area (Å²) < 4.78 is 10.0. The molecule has 0 unspecified atom stereocenters. The molecule has 3 fully saturated rings. The van der Waals surface area contributed by atoms with Crippen LogP contribution in [0, 0.1) is 10.8 Å². The fraction of sp³-hybridized carbons (Fsp3) is 0.571. The molecule has 172 valence electrons. The number of hydrogen-bond donors (Lipinski definition) is 0. The minimum atomic E-state index is -0.588. The van der Waals surface area contributed by atoms with E-state index in [1.54, 1.807) is 14.2 Å². The van der Waals surface area contributed by atoms with Gasteiger partial charge in [0, 0.05) is 10.8 Å². The zero-order valence-electron chi connectivity index (χ0n) is 19.2. The molecule has 0 aromatic heterocycles. The van der Waals surface area contributed by atoms with Crippen molar-refractivity contribution in [3.63, 3.8) is 0 Å². The van der Waals surface area contributed by atoms with Crippen LogP contribution in [0.5, 0.6) is 11.5 Å². The Bertz CT molecular complexity index is 843. The third-order valence-corrected chi connectivity index (χ3v) is 10.7. The van der Waals surface area contributed by atoms with Gasteiger partial charge in [0.1, 0.15) is 15.8 Å². The Kier molecular flexibility index (Phi) is 5.91. The molecule has 0 atom stereocenters. The zero-order chi connectivity index (χ0) is 22.4. The molecule has 0 N–H and O–H groups in total. The van der Waals surface area contributed by atoms with Gasteiger partial charge in [0.15, 0.2) is 0 Å². The second-order valence-electron chi connectivity index (χ2n) is 10.4. The van der Waals surface area contributed by atoms with E-state index in [0.717, 1.165) is 37.2 Å². The van der Waals surface area contributed by atoms with Gasteiger partial charge in [-0.3, -0.25) is 0 Å². The first kappa shape index (κ1) is 22.4. The van der Waals surface area contributed by atoms with Crippen molar-refractivity contribution in [3.8, 4) is 11.5 Å². The molecular formula is C28H34Cl2O2. The van der Waals surface area contributed by atoms with Crippen LogP contribution < -0.4 is 9.47 Å². The molecular weight excluding hydrogens is 439 g/mol. The van der Waals surface area contributed by atoms with Gasteiger partial charge in [-0.05, 0) is 105 Å². The third kappa shape index (κ3) is 3.53. The van der Waals surface area contributed by atoms with Crippen LogP contribution in [0.4, 0.5) is 0 Å². The van der Waals surface area contributed by atoms with Crippen LogP contribution in [0.25, 0.3) is 0 Å². The first-order valence-electron chi connectivity index (χ1n) is 12.1. The maximum absolute atomic E-state index is 7.27. The fourth-order valence-electron chi connectivity index (χ4n) is 7.07. The quantitative estimate of drug-likeness (QED) is 0.416. The van der Waals surface area contributed by atoms with Crippen molar-refractivity contribution in [2.75, 3.05) is 14.2 Å². The van der Waals surface area contributed by atoms with Crippen LogP contribution >= 0.6 is 23.2 Å². The fourth-order valence-corrected chi connectivity index (χ4v) is 8.09. The van der Waals surface area contributed by atoms with Gasteiger partial charge in [0.05, 0.1) is 14.2 Å². The predicted octanol–water partition coefficient (Wildman–Crippen LogP) is 8.27. The SMILES string of the molecule is COc1ccc(C2CCC3(CC2)CC2(CCC(c4ccc(OC)cc4)CC2)C3(Cl)Cl)cc1. The Labute approximate surface area is 202 Å². The number of benzene rings is 2. The minimum absolute atomic E-state index is 0.103. The van der Waals surface area contributed by atoms with Gasteiger partial charge in [-0.25, -0.2) is 0 Å². The smallest absolute Gasteiger partial charge is 0.129 e. The lowest BCUT2D eigenvalue weighted by Gasteiger charge is -2.69.